The number of hydrogen-bond donors (Lipinski definition) is 0. The van der Waals surface area contributed by atoms with E-state index in [0.29, 0.717) is 11.3 Å². The molecule has 7 atom stereocenters. The molecule has 4 rings (SSSR count). The number of ether oxygens (including phenoxy) is 1. The van der Waals surface area contributed by atoms with Gasteiger partial charge >= 0.3 is 5.97 Å². The highest BCUT2D eigenvalue weighted by atomic mass is 16.5. The fourth-order valence-electron chi connectivity index (χ4n) is 8.33. The molecule has 0 heterocycles. The van der Waals surface area contributed by atoms with Gasteiger partial charge in [0.2, 0.25) is 0 Å². The first kappa shape index (κ1) is 23.1. The molecule has 4 aliphatic rings. The molecule has 0 radical (unpaired) electrons. The van der Waals surface area contributed by atoms with Crippen LogP contribution in [0.25, 0.3) is 0 Å². The van der Waals surface area contributed by atoms with Gasteiger partial charge in [-0.1, -0.05) is 77.2 Å². The standard InChI is InChI=1S/C29H46O2/c1-19(2)8-7-9-20(3)25-12-13-26-24-11-10-22-18-23(31-21(4)30)14-16-28(22,5)27(24)15-17-29(25,26)6/h10-11,19-20,23,25-27H,7-9,12-18H2,1-6H3/t20-,23+,25?,26+,27?,28+,29-/m1/s1. The quantitative estimate of drug-likeness (QED) is 0.404. The van der Waals surface area contributed by atoms with Crippen molar-refractivity contribution in [1.82, 2.24) is 0 Å². The maximum Gasteiger partial charge on any atom is 0.302 e. The van der Waals surface area contributed by atoms with Crippen LogP contribution in [-0.4, -0.2) is 12.1 Å². The van der Waals surface area contributed by atoms with Crippen LogP contribution in [0.5, 0.6) is 0 Å². The van der Waals surface area contributed by atoms with Crippen molar-refractivity contribution < 1.29 is 9.53 Å². The number of esters is 1. The Kier molecular flexibility index (Phi) is 6.50. The van der Waals surface area contributed by atoms with E-state index < -0.39 is 0 Å². The number of allylic oxidation sites excluding steroid dienone is 3. The number of fused-ring (bicyclic) bond motifs is 5. The number of rotatable bonds is 6. The maximum atomic E-state index is 11.5. The van der Waals surface area contributed by atoms with Crippen molar-refractivity contribution in [3.05, 3.63) is 23.3 Å². The average molecular weight is 427 g/mol. The molecule has 0 aromatic carbocycles. The molecule has 174 valence electrons. The number of carbonyl (C=O) groups is 1. The van der Waals surface area contributed by atoms with Crippen LogP contribution in [0.3, 0.4) is 0 Å². The summed E-state index contributed by atoms with van der Waals surface area (Å²) in [4.78, 5) is 11.5. The van der Waals surface area contributed by atoms with Crippen LogP contribution >= 0.6 is 0 Å². The predicted octanol–water partition coefficient (Wildman–Crippen LogP) is 7.88. The summed E-state index contributed by atoms with van der Waals surface area (Å²) in [5, 5.41) is 0. The van der Waals surface area contributed by atoms with E-state index in [2.05, 4.69) is 46.8 Å². The fourth-order valence-corrected chi connectivity index (χ4v) is 8.33. The first-order valence-corrected chi connectivity index (χ1v) is 13.2. The van der Waals surface area contributed by atoms with Gasteiger partial charge in [-0.15, -0.1) is 0 Å². The Hall–Kier alpha value is -1.05. The smallest absolute Gasteiger partial charge is 0.302 e. The summed E-state index contributed by atoms with van der Waals surface area (Å²) < 4.78 is 5.59. The Bertz CT molecular complexity index is 746. The normalized spacial score (nSPS) is 40.4. The molecule has 3 saturated carbocycles. The van der Waals surface area contributed by atoms with Crippen LogP contribution in [0, 0.1) is 40.4 Å². The van der Waals surface area contributed by atoms with Gasteiger partial charge in [0.15, 0.2) is 0 Å². The second kappa shape index (κ2) is 8.71. The zero-order chi connectivity index (χ0) is 22.4. The number of carbonyl (C=O) groups excluding carboxylic acids is 1. The lowest BCUT2D eigenvalue weighted by molar-refractivity contribution is -0.148. The third-order valence-electron chi connectivity index (χ3n) is 10.1. The maximum absolute atomic E-state index is 11.5. The highest BCUT2D eigenvalue weighted by molar-refractivity contribution is 5.66. The molecule has 0 aromatic rings. The highest BCUT2D eigenvalue weighted by Crippen LogP contribution is 2.66. The summed E-state index contributed by atoms with van der Waals surface area (Å²) in [5.74, 6) is 3.94. The minimum absolute atomic E-state index is 0.0863. The van der Waals surface area contributed by atoms with Crippen molar-refractivity contribution in [2.45, 2.75) is 112 Å². The molecule has 2 unspecified atom stereocenters. The minimum Gasteiger partial charge on any atom is -0.462 e. The summed E-state index contributed by atoms with van der Waals surface area (Å²) in [6, 6.07) is 0. The molecule has 0 N–H and O–H groups in total. The number of hydrogen-bond acceptors (Lipinski definition) is 2. The Labute approximate surface area is 191 Å². The largest absolute Gasteiger partial charge is 0.462 e. The van der Waals surface area contributed by atoms with Crippen molar-refractivity contribution in [2.24, 2.45) is 40.4 Å². The highest BCUT2D eigenvalue weighted by Gasteiger charge is 2.57. The average Bonchev–Trinajstić information content (AvgIpc) is 3.05. The zero-order valence-corrected chi connectivity index (χ0v) is 21.0. The van der Waals surface area contributed by atoms with Gasteiger partial charge in [-0.05, 0) is 78.9 Å². The van der Waals surface area contributed by atoms with Crippen molar-refractivity contribution >= 4 is 5.97 Å². The van der Waals surface area contributed by atoms with Gasteiger partial charge in [-0.25, -0.2) is 0 Å². The van der Waals surface area contributed by atoms with E-state index in [0.717, 1.165) is 42.9 Å². The second-order valence-electron chi connectivity index (χ2n) is 12.4. The van der Waals surface area contributed by atoms with E-state index in [1.807, 2.05) is 0 Å². The lowest BCUT2D eigenvalue weighted by atomic mass is 9.50. The molecule has 2 heteroatoms. The van der Waals surface area contributed by atoms with Gasteiger partial charge in [-0.3, -0.25) is 4.79 Å². The Morgan fingerprint density at radius 2 is 1.81 bits per heavy atom. The van der Waals surface area contributed by atoms with Gasteiger partial charge in [0.25, 0.3) is 0 Å². The molecular weight excluding hydrogens is 380 g/mol. The molecule has 3 fully saturated rings. The molecule has 0 aliphatic heterocycles. The summed E-state index contributed by atoms with van der Waals surface area (Å²) >= 11 is 0. The molecule has 0 spiro atoms. The second-order valence-corrected chi connectivity index (χ2v) is 12.4. The summed E-state index contributed by atoms with van der Waals surface area (Å²) in [7, 11) is 0. The minimum atomic E-state index is -0.130. The monoisotopic (exact) mass is 426 g/mol. The Morgan fingerprint density at radius 3 is 2.52 bits per heavy atom. The van der Waals surface area contributed by atoms with E-state index in [1.165, 1.54) is 44.9 Å². The van der Waals surface area contributed by atoms with Crippen LogP contribution in [0.4, 0.5) is 0 Å². The van der Waals surface area contributed by atoms with E-state index in [-0.39, 0.29) is 17.5 Å². The van der Waals surface area contributed by atoms with E-state index in [4.69, 9.17) is 4.74 Å². The van der Waals surface area contributed by atoms with Crippen molar-refractivity contribution in [2.75, 3.05) is 0 Å². The molecule has 0 saturated heterocycles. The van der Waals surface area contributed by atoms with Crippen LogP contribution in [-0.2, 0) is 9.53 Å². The van der Waals surface area contributed by atoms with Crippen LogP contribution in [0.1, 0.15) is 106 Å². The molecule has 4 aliphatic carbocycles. The lowest BCUT2D eigenvalue weighted by Crippen LogP contribution is -2.46. The van der Waals surface area contributed by atoms with Crippen LogP contribution in [0.15, 0.2) is 23.3 Å². The van der Waals surface area contributed by atoms with Gasteiger partial charge in [0.1, 0.15) is 6.10 Å². The SMILES string of the molecule is CC(=O)O[C@H]1CC[C@@]2(C)C(=CC=C3C2CC[C@]2(C)C([C@H](C)CCCC(C)C)CC[C@@H]32)C1. The predicted molar refractivity (Wildman–Crippen MR) is 129 cm³/mol. The van der Waals surface area contributed by atoms with Crippen LogP contribution < -0.4 is 0 Å². The van der Waals surface area contributed by atoms with Gasteiger partial charge in [0, 0.05) is 13.3 Å². The molecule has 0 aromatic heterocycles. The first-order valence-electron chi connectivity index (χ1n) is 13.2. The molecule has 2 nitrogen and oxygen atoms in total. The molecule has 0 amide bonds. The van der Waals surface area contributed by atoms with Gasteiger partial charge < -0.3 is 4.74 Å². The summed E-state index contributed by atoms with van der Waals surface area (Å²) in [5.41, 5.74) is 4.10. The van der Waals surface area contributed by atoms with Crippen molar-refractivity contribution in [3.63, 3.8) is 0 Å². The Balaban J connectivity index is 1.51. The van der Waals surface area contributed by atoms with Gasteiger partial charge in [-0.2, -0.15) is 0 Å². The Morgan fingerprint density at radius 1 is 1.03 bits per heavy atom. The lowest BCUT2D eigenvalue weighted by Gasteiger charge is -2.55. The van der Waals surface area contributed by atoms with Crippen molar-refractivity contribution in [1.29, 1.82) is 0 Å². The summed E-state index contributed by atoms with van der Waals surface area (Å²) in [6.45, 7) is 14.0. The molecule has 0 bridgehead atoms. The third kappa shape index (κ3) is 4.18. The topological polar surface area (TPSA) is 26.3 Å². The zero-order valence-electron chi connectivity index (χ0n) is 21.0. The first-order chi connectivity index (χ1) is 14.6. The van der Waals surface area contributed by atoms with E-state index in [9.17, 15) is 4.79 Å². The third-order valence-corrected chi connectivity index (χ3v) is 10.1. The fraction of sp³-hybridized carbons (Fsp3) is 0.828. The van der Waals surface area contributed by atoms with Crippen LogP contribution in [0.2, 0.25) is 0 Å². The molecule has 31 heavy (non-hydrogen) atoms. The van der Waals surface area contributed by atoms with E-state index in [1.54, 1.807) is 18.1 Å². The van der Waals surface area contributed by atoms with E-state index >= 15 is 0 Å². The molecular formula is C29H46O2. The van der Waals surface area contributed by atoms with Gasteiger partial charge in [0.05, 0.1) is 0 Å². The van der Waals surface area contributed by atoms with Crippen molar-refractivity contribution in [3.8, 4) is 0 Å². The summed E-state index contributed by atoms with van der Waals surface area (Å²) in [6.07, 6.45) is 17.9.